The van der Waals surface area contributed by atoms with Gasteiger partial charge in [0.15, 0.2) is 0 Å². The van der Waals surface area contributed by atoms with Crippen molar-refractivity contribution in [3.8, 4) is 0 Å². The molecule has 1 aliphatic rings. The molecule has 0 aliphatic carbocycles. The molecular weight excluding hydrogens is 309 g/mol. The summed E-state index contributed by atoms with van der Waals surface area (Å²) in [5.74, 6) is 0. The Morgan fingerprint density at radius 3 is 2.86 bits per heavy atom. The van der Waals surface area contributed by atoms with Gasteiger partial charge in [0.2, 0.25) is 0 Å². The van der Waals surface area contributed by atoms with Gasteiger partial charge in [-0.15, -0.1) is 0 Å². The zero-order valence-corrected chi connectivity index (χ0v) is 12.6. The second-order valence-corrected chi connectivity index (χ2v) is 5.64. The molecule has 1 aliphatic heterocycles. The van der Waals surface area contributed by atoms with Crippen LogP contribution in [-0.4, -0.2) is 12.6 Å². The number of halogens is 2. The van der Waals surface area contributed by atoms with E-state index in [-0.39, 0.29) is 6.03 Å². The Balaban J connectivity index is 1.85. The minimum atomic E-state index is -0.247. The fourth-order valence-electron chi connectivity index (χ4n) is 2.45. The molecule has 6 heteroatoms. The predicted octanol–water partition coefficient (Wildman–Crippen LogP) is 4.17. The maximum absolute atomic E-state index is 12.4. The van der Waals surface area contributed by atoms with Crippen molar-refractivity contribution in [2.75, 3.05) is 22.5 Å². The lowest BCUT2D eigenvalue weighted by Gasteiger charge is -2.19. The number of hydrogen-bond donors (Lipinski definition) is 2. The van der Waals surface area contributed by atoms with Gasteiger partial charge in [-0.3, -0.25) is 4.90 Å². The van der Waals surface area contributed by atoms with E-state index in [4.69, 9.17) is 28.9 Å². The van der Waals surface area contributed by atoms with Gasteiger partial charge in [-0.2, -0.15) is 0 Å². The van der Waals surface area contributed by atoms with Crippen molar-refractivity contribution >= 4 is 46.3 Å². The van der Waals surface area contributed by atoms with E-state index in [9.17, 15) is 4.79 Å². The molecule has 3 rings (SSSR count). The van der Waals surface area contributed by atoms with Crippen LogP contribution in [0.4, 0.5) is 21.9 Å². The minimum Gasteiger partial charge on any atom is -0.398 e. The first-order valence-corrected chi connectivity index (χ1v) is 7.23. The molecule has 4 nitrogen and oxygen atoms in total. The molecule has 0 bridgehead atoms. The van der Waals surface area contributed by atoms with E-state index < -0.39 is 0 Å². The zero-order chi connectivity index (χ0) is 15.0. The van der Waals surface area contributed by atoms with Crippen LogP contribution < -0.4 is 16.0 Å². The van der Waals surface area contributed by atoms with Gasteiger partial charge in [0.05, 0.1) is 16.4 Å². The number of nitrogen functional groups attached to an aromatic ring is 1. The van der Waals surface area contributed by atoms with Gasteiger partial charge < -0.3 is 11.1 Å². The molecule has 0 radical (unpaired) electrons. The monoisotopic (exact) mass is 321 g/mol. The lowest BCUT2D eigenvalue weighted by molar-refractivity contribution is 0.257. The number of carbonyl (C=O) groups excluding carboxylic acids is 1. The van der Waals surface area contributed by atoms with E-state index >= 15 is 0 Å². The quantitative estimate of drug-likeness (QED) is 0.774. The smallest absolute Gasteiger partial charge is 0.326 e. The Kier molecular flexibility index (Phi) is 3.66. The predicted molar refractivity (Wildman–Crippen MR) is 87.4 cm³/mol. The number of carbonyl (C=O) groups is 1. The van der Waals surface area contributed by atoms with Crippen LogP contribution in [0.15, 0.2) is 36.4 Å². The van der Waals surface area contributed by atoms with Crippen molar-refractivity contribution in [3.05, 3.63) is 52.0 Å². The van der Waals surface area contributed by atoms with E-state index in [0.29, 0.717) is 28.0 Å². The third-order valence-corrected chi connectivity index (χ3v) is 4.04. The highest BCUT2D eigenvalue weighted by molar-refractivity contribution is 6.35. The van der Waals surface area contributed by atoms with Crippen LogP contribution in [0.2, 0.25) is 10.0 Å². The second kappa shape index (κ2) is 5.47. The molecule has 2 amide bonds. The van der Waals surface area contributed by atoms with Crippen molar-refractivity contribution in [2.24, 2.45) is 0 Å². The Bertz CT molecular complexity index is 718. The molecule has 108 valence electrons. The first-order chi connectivity index (χ1) is 10.1. The summed E-state index contributed by atoms with van der Waals surface area (Å²) in [6, 6.07) is 10.3. The molecule has 0 fully saturated rings. The number of nitrogens with zero attached hydrogens (tertiary/aromatic N) is 1. The average Bonchev–Trinajstić information content (AvgIpc) is 2.88. The normalized spacial score (nSPS) is 13.1. The molecule has 0 aromatic heterocycles. The van der Waals surface area contributed by atoms with Crippen LogP contribution in [0, 0.1) is 0 Å². The molecule has 0 unspecified atom stereocenters. The van der Waals surface area contributed by atoms with Crippen LogP contribution in [0.25, 0.3) is 0 Å². The Hall–Kier alpha value is -1.91. The topological polar surface area (TPSA) is 58.4 Å². The number of anilines is 3. The fourth-order valence-corrected chi connectivity index (χ4v) is 2.79. The van der Waals surface area contributed by atoms with E-state index in [1.807, 2.05) is 18.2 Å². The number of hydrogen-bond acceptors (Lipinski definition) is 2. The van der Waals surface area contributed by atoms with Crippen molar-refractivity contribution in [2.45, 2.75) is 6.42 Å². The summed E-state index contributed by atoms with van der Waals surface area (Å²) in [4.78, 5) is 14.1. The Morgan fingerprint density at radius 2 is 2.05 bits per heavy atom. The SMILES string of the molecule is Nc1cccc2c1CCN2C(=O)Nc1cc(Cl)ccc1Cl. The molecule has 0 saturated heterocycles. The van der Waals surface area contributed by atoms with Gasteiger partial charge in [-0.25, -0.2) is 4.79 Å². The van der Waals surface area contributed by atoms with E-state index in [1.165, 1.54) is 0 Å². The highest BCUT2D eigenvalue weighted by Gasteiger charge is 2.26. The summed E-state index contributed by atoms with van der Waals surface area (Å²) in [7, 11) is 0. The molecule has 21 heavy (non-hydrogen) atoms. The third-order valence-electron chi connectivity index (χ3n) is 3.48. The Morgan fingerprint density at radius 1 is 1.24 bits per heavy atom. The summed E-state index contributed by atoms with van der Waals surface area (Å²) in [6.07, 6.45) is 0.749. The van der Waals surface area contributed by atoms with Crippen LogP contribution >= 0.6 is 23.2 Å². The number of urea groups is 1. The molecular formula is C15H13Cl2N3O. The van der Waals surface area contributed by atoms with Gasteiger partial charge in [0.1, 0.15) is 0 Å². The summed E-state index contributed by atoms with van der Waals surface area (Å²) in [5.41, 5.74) is 8.98. The largest absolute Gasteiger partial charge is 0.398 e. The summed E-state index contributed by atoms with van der Waals surface area (Å²) in [6.45, 7) is 0.591. The molecule has 2 aromatic carbocycles. The summed E-state index contributed by atoms with van der Waals surface area (Å²) < 4.78 is 0. The fraction of sp³-hybridized carbons (Fsp3) is 0.133. The first kappa shape index (κ1) is 14.0. The molecule has 0 spiro atoms. The minimum absolute atomic E-state index is 0.247. The summed E-state index contributed by atoms with van der Waals surface area (Å²) >= 11 is 12.0. The standard InChI is InChI=1S/C15H13Cl2N3O/c16-9-4-5-11(17)13(8-9)19-15(21)20-7-6-10-12(18)2-1-3-14(10)20/h1-5,8H,6-7,18H2,(H,19,21). The third kappa shape index (κ3) is 2.64. The van der Waals surface area contributed by atoms with Gasteiger partial charge in [-0.1, -0.05) is 29.3 Å². The number of fused-ring (bicyclic) bond motifs is 1. The number of nitrogens with one attached hydrogen (secondary N) is 1. The van der Waals surface area contributed by atoms with Gasteiger partial charge in [0.25, 0.3) is 0 Å². The van der Waals surface area contributed by atoms with Crippen molar-refractivity contribution in [1.82, 2.24) is 0 Å². The van der Waals surface area contributed by atoms with Crippen LogP contribution in [0.1, 0.15) is 5.56 Å². The highest BCUT2D eigenvalue weighted by Crippen LogP contribution is 2.33. The summed E-state index contributed by atoms with van der Waals surface area (Å²) in [5, 5.41) is 3.74. The molecule has 3 N–H and O–H groups in total. The number of rotatable bonds is 1. The molecule has 2 aromatic rings. The molecule has 0 saturated carbocycles. The second-order valence-electron chi connectivity index (χ2n) is 4.80. The van der Waals surface area contributed by atoms with E-state index in [1.54, 1.807) is 23.1 Å². The van der Waals surface area contributed by atoms with Crippen molar-refractivity contribution in [1.29, 1.82) is 0 Å². The zero-order valence-electron chi connectivity index (χ0n) is 11.1. The number of benzene rings is 2. The number of amides is 2. The first-order valence-electron chi connectivity index (χ1n) is 6.47. The van der Waals surface area contributed by atoms with E-state index in [0.717, 1.165) is 17.7 Å². The van der Waals surface area contributed by atoms with E-state index in [2.05, 4.69) is 5.32 Å². The van der Waals surface area contributed by atoms with Gasteiger partial charge >= 0.3 is 6.03 Å². The average molecular weight is 322 g/mol. The van der Waals surface area contributed by atoms with Crippen LogP contribution in [-0.2, 0) is 6.42 Å². The molecule has 1 heterocycles. The molecule has 0 atom stereocenters. The number of nitrogens with two attached hydrogens (primary N) is 1. The van der Waals surface area contributed by atoms with Gasteiger partial charge in [-0.05, 0) is 36.8 Å². The lowest BCUT2D eigenvalue weighted by atomic mass is 10.1. The van der Waals surface area contributed by atoms with Crippen molar-refractivity contribution in [3.63, 3.8) is 0 Å². The van der Waals surface area contributed by atoms with Gasteiger partial charge in [0, 0.05) is 22.8 Å². The Labute approximate surface area is 132 Å². The van der Waals surface area contributed by atoms with Crippen LogP contribution in [0.3, 0.4) is 0 Å². The maximum Gasteiger partial charge on any atom is 0.326 e. The van der Waals surface area contributed by atoms with Crippen molar-refractivity contribution < 1.29 is 4.79 Å². The van der Waals surface area contributed by atoms with Crippen LogP contribution in [0.5, 0.6) is 0 Å². The maximum atomic E-state index is 12.4. The highest BCUT2D eigenvalue weighted by atomic mass is 35.5. The lowest BCUT2D eigenvalue weighted by Crippen LogP contribution is -2.33.